The summed E-state index contributed by atoms with van der Waals surface area (Å²) in [7, 11) is -4.71. The van der Waals surface area contributed by atoms with Gasteiger partial charge >= 0.3 is 12.4 Å². The largest absolute Gasteiger partial charge is 0.416 e. The number of rotatable bonds is 3. The van der Waals surface area contributed by atoms with Gasteiger partial charge in [0.25, 0.3) is 0 Å². The van der Waals surface area contributed by atoms with Crippen molar-refractivity contribution in [2.45, 2.75) is 37.1 Å². The van der Waals surface area contributed by atoms with E-state index in [4.69, 9.17) is 0 Å². The first-order chi connectivity index (χ1) is 9.25. The van der Waals surface area contributed by atoms with Crippen molar-refractivity contribution in [3.63, 3.8) is 0 Å². The Balaban J connectivity index is 3.22. The summed E-state index contributed by atoms with van der Waals surface area (Å²) < 4.78 is 99.7. The van der Waals surface area contributed by atoms with Crippen molar-refractivity contribution < 1.29 is 34.8 Å². The molecule has 0 aromatic heterocycles. The fourth-order valence-corrected chi connectivity index (χ4v) is 2.70. The summed E-state index contributed by atoms with van der Waals surface area (Å²) in [6.07, 6.45) is -9.64. The van der Waals surface area contributed by atoms with Gasteiger partial charge in [0.05, 0.1) is 10.5 Å². The Morgan fingerprint density at radius 2 is 1.62 bits per heavy atom. The third-order valence-electron chi connectivity index (χ3n) is 2.65. The molecule has 0 aliphatic heterocycles. The maximum absolute atomic E-state index is 12.7. The molecule has 0 saturated heterocycles. The van der Waals surface area contributed by atoms with Gasteiger partial charge in [-0.1, -0.05) is 6.07 Å². The zero-order chi connectivity index (χ0) is 16.6. The maximum atomic E-state index is 12.7. The molecule has 0 heterocycles. The van der Waals surface area contributed by atoms with Crippen molar-refractivity contribution in [1.82, 2.24) is 4.72 Å². The lowest BCUT2D eigenvalue weighted by molar-refractivity contribution is -0.147. The normalized spacial score (nSPS) is 15.0. The van der Waals surface area contributed by atoms with Gasteiger partial charge in [0, 0.05) is 0 Å². The van der Waals surface area contributed by atoms with Gasteiger partial charge in [0.15, 0.2) is 0 Å². The molecule has 1 rings (SSSR count). The molecule has 0 amide bonds. The molecule has 1 N–H and O–H groups in total. The van der Waals surface area contributed by atoms with E-state index >= 15 is 0 Å². The standard InChI is InChI=1S/C11H11F6NO2S/c1-6-3-4-8(5-9(6)11(15,16)17)21(19,20)18-7(2)10(12,13)14/h3-5,7,18H,1-2H3. The Labute approximate surface area is 117 Å². The Kier molecular flexibility index (Phi) is 4.64. The molecule has 0 bridgehead atoms. The lowest BCUT2D eigenvalue weighted by Crippen LogP contribution is -2.43. The second-order valence-electron chi connectivity index (χ2n) is 4.36. The minimum absolute atomic E-state index is 0.231. The fourth-order valence-electron chi connectivity index (χ4n) is 1.44. The number of benzene rings is 1. The van der Waals surface area contributed by atoms with Gasteiger partial charge in [-0.05, 0) is 31.5 Å². The first-order valence-electron chi connectivity index (χ1n) is 5.52. The highest BCUT2D eigenvalue weighted by Crippen LogP contribution is 2.33. The Morgan fingerprint density at radius 1 is 1.10 bits per heavy atom. The molecular formula is C11H11F6NO2S. The highest BCUT2D eigenvalue weighted by molar-refractivity contribution is 7.89. The van der Waals surface area contributed by atoms with Gasteiger partial charge in [0.1, 0.15) is 6.04 Å². The Morgan fingerprint density at radius 3 is 2.05 bits per heavy atom. The van der Waals surface area contributed by atoms with Crippen LogP contribution < -0.4 is 4.72 Å². The van der Waals surface area contributed by atoms with Gasteiger partial charge in [0.2, 0.25) is 10.0 Å². The van der Waals surface area contributed by atoms with E-state index in [1.807, 2.05) is 0 Å². The third-order valence-corrected chi connectivity index (χ3v) is 4.19. The zero-order valence-corrected chi connectivity index (χ0v) is 11.6. The topological polar surface area (TPSA) is 46.2 Å². The molecule has 10 heteroatoms. The molecule has 0 aliphatic rings. The van der Waals surface area contributed by atoms with Crippen LogP contribution in [0.25, 0.3) is 0 Å². The van der Waals surface area contributed by atoms with Gasteiger partial charge in [-0.25, -0.2) is 8.42 Å². The highest BCUT2D eigenvalue weighted by Gasteiger charge is 2.39. The van der Waals surface area contributed by atoms with Gasteiger partial charge in [-0.3, -0.25) is 0 Å². The molecule has 0 saturated carbocycles. The number of hydrogen-bond donors (Lipinski definition) is 1. The van der Waals surface area contributed by atoms with E-state index in [9.17, 15) is 34.8 Å². The number of halogens is 6. The van der Waals surface area contributed by atoms with Crippen LogP contribution in [0.2, 0.25) is 0 Å². The van der Waals surface area contributed by atoms with Gasteiger partial charge in [-0.15, -0.1) is 0 Å². The first kappa shape index (κ1) is 17.8. The van der Waals surface area contributed by atoms with Crippen molar-refractivity contribution in [2.75, 3.05) is 0 Å². The van der Waals surface area contributed by atoms with E-state index in [0.717, 1.165) is 19.1 Å². The molecular weight excluding hydrogens is 324 g/mol. The molecule has 0 aliphatic carbocycles. The fraction of sp³-hybridized carbons (Fsp3) is 0.455. The SMILES string of the molecule is Cc1ccc(S(=O)(=O)NC(C)C(F)(F)F)cc1C(F)(F)F. The van der Waals surface area contributed by atoms with Crippen LogP contribution in [0.15, 0.2) is 23.1 Å². The van der Waals surface area contributed by atoms with E-state index < -0.39 is 38.9 Å². The smallest absolute Gasteiger partial charge is 0.207 e. The summed E-state index contributed by atoms with van der Waals surface area (Å²) in [5.41, 5.74) is -1.45. The number of alkyl halides is 6. The molecule has 0 spiro atoms. The maximum Gasteiger partial charge on any atom is 0.416 e. The van der Waals surface area contributed by atoms with Crippen molar-refractivity contribution >= 4 is 10.0 Å². The lowest BCUT2D eigenvalue weighted by atomic mass is 10.1. The number of nitrogens with one attached hydrogen (secondary N) is 1. The van der Waals surface area contributed by atoms with E-state index in [2.05, 4.69) is 0 Å². The second-order valence-corrected chi connectivity index (χ2v) is 6.07. The van der Waals surface area contributed by atoms with Gasteiger partial charge in [-0.2, -0.15) is 31.1 Å². The summed E-state index contributed by atoms with van der Waals surface area (Å²) in [5.74, 6) is 0. The molecule has 21 heavy (non-hydrogen) atoms. The Hall–Kier alpha value is -1.29. The summed E-state index contributed by atoms with van der Waals surface area (Å²) in [5, 5.41) is 0. The van der Waals surface area contributed by atoms with Crippen LogP contribution in [0.5, 0.6) is 0 Å². The molecule has 0 fully saturated rings. The molecule has 1 aromatic rings. The minimum Gasteiger partial charge on any atom is -0.207 e. The van der Waals surface area contributed by atoms with E-state index in [1.165, 1.54) is 4.72 Å². The average molecular weight is 335 g/mol. The van der Waals surface area contributed by atoms with Crippen LogP contribution in [0, 0.1) is 6.92 Å². The molecule has 0 radical (unpaired) electrons. The van der Waals surface area contributed by atoms with Crippen molar-refractivity contribution in [2.24, 2.45) is 0 Å². The predicted molar refractivity (Wildman–Crippen MR) is 62.0 cm³/mol. The molecule has 1 unspecified atom stereocenters. The van der Waals surface area contributed by atoms with Gasteiger partial charge < -0.3 is 0 Å². The van der Waals surface area contributed by atoms with Crippen LogP contribution in [0.1, 0.15) is 18.1 Å². The van der Waals surface area contributed by atoms with Crippen LogP contribution in [-0.4, -0.2) is 20.6 Å². The van der Waals surface area contributed by atoms with Crippen LogP contribution in [0.3, 0.4) is 0 Å². The summed E-state index contributed by atoms with van der Waals surface area (Å²) in [4.78, 5) is -0.878. The van der Waals surface area contributed by atoms with Crippen molar-refractivity contribution in [3.8, 4) is 0 Å². The molecule has 120 valence electrons. The molecule has 3 nitrogen and oxygen atoms in total. The zero-order valence-electron chi connectivity index (χ0n) is 10.8. The van der Waals surface area contributed by atoms with Crippen LogP contribution in [-0.2, 0) is 16.2 Å². The predicted octanol–water partition coefficient (Wildman–Crippen LogP) is 3.24. The Bertz CT molecular complexity index is 621. The van der Waals surface area contributed by atoms with Crippen LogP contribution >= 0.6 is 0 Å². The quantitative estimate of drug-likeness (QED) is 0.862. The lowest BCUT2D eigenvalue weighted by Gasteiger charge is -2.18. The molecule has 1 aromatic carbocycles. The van der Waals surface area contributed by atoms with E-state index in [-0.39, 0.29) is 5.56 Å². The number of aryl methyl sites for hydroxylation is 1. The average Bonchev–Trinajstić information content (AvgIpc) is 2.25. The first-order valence-corrected chi connectivity index (χ1v) is 7.00. The van der Waals surface area contributed by atoms with Crippen LogP contribution in [0.4, 0.5) is 26.3 Å². The van der Waals surface area contributed by atoms with Crippen molar-refractivity contribution in [1.29, 1.82) is 0 Å². The highest BCUT2D eigenvalue weighted by atomic mass is 32.2. The number of sulfonamides is 1. The van der Waals surface area contributed by atoms with Crippen molar-refractivity contribution in [3.05, 3.63) is 29.3 Å². The third kappa shape index (κ3) is 4.34. The summed E-state index contributed by atoms with van der Waals surface area (Å²) in [6.45, 7) is 1.67. The minimum atomic E-state index is -4.84. The summed E-state index contributed by atoms with van der Waals surface area (Å²) >= 11 is 0. The van der Waals surface area contributed by atoms with E-state index in [1.54, 1.807) is 0 Å². The number of hydrogen-bond acceptors (Lipinski definition) is 2. The summed E-state index contributed by atoms with van der Waals surface area (Å²) in [6, 6.07) is -0.412. The molecule has 1 atom stereocenters. The monoisotopic (exact) mass is 335 g/mol. The second kappa shape index (κ2) is 5.48. The van der Waals surface area contributed by atoms with E-state index in [0.29, 0.717) is 13.0 Å².